The third-order valence-corrected chi connectivity index (χ3v) is 4.93. The van der Waals surface area contributed by atoms with E-state index in [2.05, 4.69) is 27.5 Å². The summed E-state index contributed by atoms with van der Waals surface area (Å²) in [6, 6.07) is 10.6. The molecule has 0 spiro atoms. The summed E-state index contributed by atoms with van der Waals surface area (Å²) in [4.78, 5) is 16.3. The van der Waals surface area contributed by atoms with Crippen LogP contribution in [0.2, 0.25) is 0 Å². The standard InChI is InChI=1S/C17H22N4OS/c22-16(19-15-9-5-2-6-10-15)11-21-13-18-17(20-21)23-12-14-7-3-1-4-8-14/h1,3-4,7-8,13,15H,2,5-6,9-12H2,(H,19,22). The van der Waals surface area contributed by atoms with Crippen LogP contribution in [0.1, 0.15) is 37.7 Å². The van der Waals surface area contributed by atoms with Gasteiger partial charge in [0.15, 0.2) is 0 Å². The van der Waals surface area contributed by atoms with E-state index in [1.807, 2.05) is 18.2 Å². The average Bonchev–Trinajstić information content (AvgIpc) is 3.02. The van der Waals surface area contributed by atoms with Crippen molar-refractivity contribution in [2.45, 2.75) is 55.6 Å². The number of hydrogen-bond donors (Lipinski definition) is 1. The lowest BCUT2D eigenvalue weighted by Crippen LogP contribution is -2.38. The first-order valence-electron chi connectivity index (χ1n) is 8.15. The molecule has 1 N–H and O–H groups in total. The van der Waals surface area contributed by atoms with Crippen molar-refractivity contribution in [1.29, 1.82) is 0 Å². The number of nitrogens with zero attached hydrogens (tertiary/aromatic N) is 3. The zero-order valence-corrected chi connectivity index (χ0v) is 14.0. The molecule has 0 saturated heterocycles. The third-order valence-electron chi connectivity index (χ3n) is 4.00. The summed E-state index contributed by atoms with van der Waals surface area (Å²) >= 11 is 1.58. The van der Waals surface area contributed by atoms with E-state index in [9.17, 15) is 4.79 Å². The van der Waals surface area contributed by atoms with Crippen molar-refractivity contribution in [3.63, 3.8) is 0 Å². The van der Waals surface area contributed by atoms with E-state index in [0.29, 0.717) is 11.2 Å². The number of benzene rings is 1. The molecule has 1 aromatic carbocycles. The molecule has 5 nitrogen and oxygen atoms in total. The molecule has 2 aromatic rings. The van der Waals surface area contributed by atoms with Gasteiger partial charge < -0.3 is 5.32 Å². The molecule has 0 aliphatic heterocycles. The minimum absolute atomic E-state index is 0.0291. The number of amides is 1. The molecular formula is C17H22N4OS. The Morgan fingerprint density at radius 2 is 2.00 bits per heavy atom. The Bertz CT molecular complexity index is 623. The second-order valence-electron chi connectivity index (χ2n) is 5.90. The van der Waals surface area contributed by atoms with Crippen LogP contribution in [0.4, 0.5) is 0 Å². The Hall–Kier alpha value is -1.82. The Kier molecular flexibility index (Phi) is 5.69. The highest BCUT2D eigenvalue weighted by atomic mass is 32.2. The molecule has 1 heterocycles. The van der Waals surface area contributed by atoms with Crippen molar-refractivity contribution in [2.75, 3.05) is 0 Å². The minimum atomic E-state index is 0.0291. The fourth-order valence-electron chi connectivity index (χ4n) is 2.81. The van der Waals surface area contributed by atoms with Crippen LogP contribution in [-0.4, -0.2) is 26.7 Å². The van der Waals surface area contributed by atoms with Gasteiger partial charge in [0.25, 0.3) is 0 Å². The summed E-state index contributed by atoms with van der Waals surface area (Å²) in [7, 11) is 0. The first-order valence-corrected chi connectivity index (χ1v) is 9.14. The number of thioether (sulfide) groups is 1. The molecule has 1 saturated carbocycles. The van der Waals surface area contributed by atoms with Gasteiger partial charge in [-0.2, -0.15) is 0 Å². The lowest BCUT2D eigenvalue weighted by molar-refractivity contribution is -0.122. The van der Waals surface area contributed by atoms with Gasteiger partial charge in [0.1, 0.15) is 12.9 Å². The maximum Gasteiger partial charge on any atom is 0.242 e. The zero-order valence-electron chi connectivity index (χ0n) is 13.1. The second kappa shape index (κ2) is 8.15. The largest absolute Gasteiger partial charge is 0.352 e. The highest BCUT2D eigenvalue weighted by Gasteiger charge is 2.16. The molecule has 1 aliphatic rings. The topological polar surface area (TPSA) is 59.8 Å². The second-order valence-corrected chi connectivity index (χ2v) is 6.84. The van der Waals surface area contributed by atoms with Gasteiger partial charge in [-0.05, 0) is 18.4 Å². The molecule has 1 aliphatic carbocycles. The molecule has 3 rings (SSSR count). The number of aromatic nitrogens is 3. The van der Waals surface area contributed by atoms with Gasteiger partial charge in [-0.15, -0.1) is 5.10 Å². The summed E-state index contributed by atoms with van der Waals surface area (Å²) in [6.45, 7) is 0.245. The fraction of sp³-hybridized carbons (Fsp3) is 0.471. The third kappa shape index (κ3) is 5.10. The van der Waals surface area contributed by atoms with Crippen LogP contribution in [0, 0.1) is 0 Å². The van der Waals surface area contributed by atoms with Gasteiger partial charge in [-0.1, -0.05) is 61.4 Å². The quantitative estimate of drug-likeness (QED) is 0.827. The molecule has 23 heavy (non-hydrogen) atoms. The number of nitrogens with one attached hydrogen (secondary N) is 1. The van der Waals surface area contributed by atoms with Crippen molar-refractivity contribution in [3.8, 4) is 0 Å². The molecule has 0 bridgehead atoms. The molecule has 1 amide bonds. The van der Waals surface area contributed by atoms with E-state index in [-0.39, 0.29) is 12.5 Å². The molecular weight excluding hydrogens is 308 g/mol. The molecule has 1 fully saturated rings. The zero-order chi connectivity index (χ0) is 15.9. The fourth-order valence-corrected chi connectivity index (χ4v) is 3.58. The normalized spacial score (nSPS) is 15.5. The Balaban J connectivity index is 1.45. The average molecular weight is 330 g/mol. The number of rotatable bonds is 6. The summed E-state index contributed by atoms with van der Waals surface area (Å²) in [5, 5.41) is 8.17. The van der Waals surface area contributed by atoms with E-state index < -0.39 is 0 Å². The van der Waals surface area contributed by atoms with E-state index in [4.69, 9.17) is 0 Å². The lowest BCUT2D eigenvalue weighted by Gasteiger charge is -2.22. The smallest absolute Gasteiger partial charge is 0.242 e. The van der Waals surface area contributed by atoms with Gasteiger partial charge >= 0.3 is 0 Å². The molecule has 0 radical (unpaired) electrons. The van der Waals surface area contributed by atoms with Crippen LogP contribution in [0.25, 0.3) is 0 Å². The molecule has 0 unspecified atom stereocenters. The predicted molar refractivity (Wildman–Crippen MR) is 91.0 cm³/mol. The molecule has 1 aromatic heterocycles. The summed E-state index contributed by atoms with van der Waals surface area (Å²) in [5.41, 5.74) is 1.24. The van der Waals surface area contributed by atoms with Gasteiger partial charge in [0.2, 0.25) is 11.1 Å². The number of carbonyl (C=O) groups excluding carboxylic acids is 1. The van der Waals surface area contributed by atoms with Crippen molar-refractivity contribution >= 4 is 17.7 Å². The van der Waals surface area contributed by atoms with Crippen LogP contribution in [0.15, 0.2) is 41.8 Å². The highest BCUT2D eigenvalue weighted by molar-refractivity contribution is 7.98. The Morgan fingerprint density at radius 1 is 1.22 bits per heavy atom. The van der Waals surface area contributed by atoms with Gasteiger partial charge in [-0.3, -0.25) is 4.79 Å². The van der Waals surface area contributed by atoms with Crippen LogP contribution in [-0.2, 0) is 17.1 Å². The van der Waals surface area contributed by atoms with Crippen LogP contribution >= 0.6 is 11.8 Å². The van der Waals surface area contributed by atoms with Gasteiger partial charge in [-0.25, -0.2) is 9.67 Å². The molecule has 122 valence electrons. The predicted octanol–water partition coefficient (Wildman–Crippen LogP) is 3.02. The van der Waals surface area contributed by atoms with Crippen LogP contribution in [0.5, 0.6) is 0 Å². The maximum absolute atomic E-state index is 12.1. The van der Waals surface area contributed by atoms with Crippen molar-refractivity contribution in [3.05, 3.63) is 42.2 Å². The van der Waals surface area contributed by atoms with E-state index in [0.717, 1.165) is 18.6 Å². The maximum atomic E-state index is 12.1. The Labute approximate surface area is 140 Å². The summed E-state index contributed by atoms with van der Waals surface area (Å²) in [6.07, 6.45) is 7.55. The molecule has 0 atom stereocenters. The Morgan fingerprint density at radius 3 is 2.78 bits per heavy atom. The monoisotopic (exact) mass is 330 g/mol. The van der Waals surface area contributed by atoms with Crippen LogP contribution < -0.4 is 5.32 Å². The number of carbonyl (C=O) groups is 1. The van der Waals surface area contributed by atoms with Crippen molar-refractivity contribution in [1.82, 2.24) is 20.1 Å². The van der Waals surface area contributed by atoms with Gasteiger partial charge in [0, 0.05) is 11.8 Å². The van der Waals surface area contributed by atoms with E-state index in [1.165, 1.54) is 24.8 Å². The van der Waals surface area contributed by atoms with Crippen molar-refractivity contribution in [2.24, 2.45) is 0 Å². The minimum Gasteiger partial charge on any atom is -0.352 e. The summed E-state index contributed by atoms with van der Waals surface area (Å²) < 4.78 is 1.62. The lowest BCUT2D eigenvalue weighted by atomic mass is 9.95. The van der Waals surface area contributed by atoms with Crippen LogP contribution in [0.3, 0.4) is 0 Å². The number of hydrogen-bond acceptors (Lipinski definition) is 4. The SMILES string of the molecule is O=C(Cn1cnc(SCc2ccccc2)n1)NC1CCCCC1. The van der Waals surface area contributed by atoms with E-state index >= 15 is 0 Å². The van der Waals surface area contributed by atoms with Gasteiger partial charge in [0.05, 0.1) is 0 Å². The first kappa shape index (κ1) is 16.1. The first-order chi connectivity index (χ1) is 11.3. The summed E-state index contributed by atoms with van der Waals surface area (Å²) in [5.74, 6) is 0.862. The molecule has 6 heteroatoms. The van der Waals surface area contributed by atoms with E-state index in [1.54, 1.807) is 22.8 Å². The highest BCUT2D eigenvalue weighted by Crippen LogP contribution is 2.19. The van der Waals surface area contributed by atoms with Crippen molar-refractivity contribution < 1.29 is 4.79 Å².